The first-order valence-corrected chi connectivity index (χ1v) is 5.84. The molecule has 0 aromatic carbocycles. The topological polar surface area (TPSA) is 47.0 Å². The van der Waals surface area contributed by atoms with Crippen LogP contribution in [0.25, 0.3) is 0 Å². The van der Waals surface area contributed by atoms with Crippen LogP contribution in [0.5, 0.6) is 0 Å². The van der Waals surface area contributed by atoms with Crippen LogP contribution in [0.4, 0.5) is 10.2 Å². The molecule has 0 amide bonds. The Morgan fingerprint density at radius 3 is 2.47 bits per heavy atom. The van der Waals surface area contributed by atoms with Crippen molar-refractivity contribution < 1.29 is 9.13 Å². The SMILES string of the molecule is CCOC(c1nc(C)c(F)c(NC)n1)C(C)C. The minimum absolute atomic E-state index is 0.202. The molecule has 1 heterocycles. The van der Waals surface area contributed by atoms with Gasteiger partial charge in [0.1, 0.15) is 6.10 Å². The monoisotopic (exact) mass is 241 g/mol. The Morgan fingerprint density at radius 1 is 1.35 bits per heavy atom. The molecule has 1 atom stereocenters. The van der Waals surface area contributed by atoms with Gasteiger partial charge in [0.05, 0.1) is 5.69 Å². The van der Waals surface area contributed by atoms with Gasteiger partial charge in [-0.1, -0.05) is 13.8 Å². The zero-order chi connectivity index (χ0) is 13.0. The van der Waals surface area contributed by atoms with Crippen LogP contribution in [0.1, 0.15) is 38.4 Å². The van der Waals surface area contributed by atoms with Crippen molar-refractivity contribution in [1.82, 2.24) is 9.97 Å². The lowest BCUT2D eigenvalue weighted by atomic mass is 10.1. The second-order valence-electron chi connectivity index (χ2n) is 4.20. The summed E-state index contributed by atoms with van der Waals surface area (Å²) in [5.41, 5.74) is 0.338. The van der Waals surface area contributed by atoms with Crippen molar-refractivity contribution >= 4 is 5.82 Å². The predicted octanol–water partition coefficient (Wildman–Crippen LogP) is 2.70. The molecule has 1 aromatic heterocycles. The van der Waals surface area contributed by atoms with Gasteiger partial charge in [-0.15, -0.1) is 0 Å². The van der Waals surface area contributed by atoms with E-state index in [2.05, 4.69) is 15.3 Å². The molecule has 0 bridgehead atoms. The van der Waals surface area contributed by atoms with Gasteiger partial charge in [-0.2, -0.15) is 0 Å². The van der Waals surface area contributed by atoms with Gasteiger partial charge in [-0.3, -0.25) is 0 Å². The van der Waals surface area contributed by atoms with Gasteiger partial charge in [-0.25, -0.2) is 14.4 Å². The predicted molar refractivity (Wildman–Crippen MR) is 65.5 cm³/mol. The van der Waals surface area contributed by atoms with E-state index >= 15 is 0 Å². The minimum atomic E-state index is -0.407. The zero-order valence-corrected chi connectivity index (χ0v) is 11.0. The van der Waals surface area contributed by atoms with Gasteiger partial charge < -0.3 is 10.1 Å². The van der Waals surface area contributed by atoms with Crippen LogP contribution in [0.15, 0.2) is 0 Å². The number of nitrogens with one attached hydrogen (secondary N) is 1. The second-order valence-corrected chi connectivity index (χ2v) is 4.20. The second kappa shape index (κ2) is 5.91. The highest BCUT2D eigenvalue weighted by Crippen LogP contribution is 2.25. The number of hydrogen-bond donors (Lipinski definition) is 1. The number of anilines is 1. The van der Waals surface area contributed by atoms with E-state index in [1.165, 1.54) is 0 Å². The fraction of sp³-hybridized carbons (Fsp3) is 0.667. The van der Waals surface area contributed by atoms with Crippen molar-refractivity contribution in [2.45, 2.75) is 33.8 Å². The summed E-state index contributed by atoms with van der Waals surface area (Å²) >= 11 is 0. The molecule has 0 saturated carbocycles. The summed E-state index contributed by atoms with van der Waals surface area (Å²) in [5.74, 6) is 0.586. The summed E-state index contributed by atoms with van der Waals surface area (Å²) in [6.07, 6.45) is -0.202. The molecule has 5 heteroatoms. The van der Waals surface area contributed by atoms with Crippen molar-refractivity contribution in [3.8, 4) is 0 Å². The van der Waals surface area contributed by atoms with Crippen LogP contribution in [-0.2, 0) is 4.74 Å². The quantitative estimate of drug-likeness (QED) is 0.861. The van der Waals surface area contributed by atoms with E-state index < -0.39 is 5.82 Å². The fourth-order valence-electron chi connectivity index (χ4n) is 1.62. The van der Waals surface area contributed by atoms with Crippen molar-refractivity contribution in [2.24, 2.45) is 5.92 Å². The van der Waals surface area contributed by atoms with Gasteiger partial charge in [0.25, 0.3) is 0 Å². The van der Waals surface area contributed by atoms with Gasteiger partial charge >= 0.3 is 0 Å². The number of aromatic nitrogens is 2. The zero-order valence-electron chi connectivity index (χ0n) is 11.0. The maximum absolute atomic E-state index is 13.6. The molecular formula is C12H20FN3O. The molecule has 1 aromatic rings. The van der Waals surface area contributed by atoms with Crippen LogP contribution >= 0.6 is 0 Å². The third-order valence-electron chi connectivity index (χ3n) is 2.48. The lowest BCUT2D eigenvalue weighted by Crippen LogP contribution is -2.17. The van der Waals surface area contributed by atoms with E-state index in [0.717, 1.165) is 0 Å². The normalized spacial score (nSPS) is 12.9. The summed E-state index contributed by atoms with van der Waals surface area (Å²) < 4.78 is 19.2. The Hall–Kier alpha value is -1.23. The summed E-state index contributed by atoms with van der Waals surface area (Å²) in [4.78, 5) is 8.34. The van der Waals surface area contributed by atoms with Crippen molar-refractivity contribution in [2.75, 3.05) is 19.0 Å². The third-order valence-corrected chi connectivity index (χ3v) is 2.48. The molecule has 1 rings (SSSR count). The average molecular weight is 241 g/mol. The van der Waals surface area contributed by atoms with Crippen molar-refractivity contribution in [1.29, 1.82) is 0 Å². The fourth-order valence-corrected chi connectivity index (χ4v) is 1.62. The molecule has 4 nitrogen and oxygen atoms in total. The summed E-state index contributed by atoms with van der Waals surface area (Å²) in [7, 11) is 1.64. The molecule has 96 valence electrons. The van der Waals surface area contributed by atoms with Crippen molar-refractivity contribution in [3.05, 3.63) is 17.3 Å². The lowest BCUT2D eigenvalue weighted by molar-refractivity contribution is 0.0230. The van der Waals surface area contributed by atoms with Gasteiger partial charge in [0.15, 0.2) is 17.5 Å². The molecule has 0 spiro atoms. The van der Waals surface area contributed by atoms with E-state index in [-0.39, 0.29) is 17.8 Å². The Morgan fingerprint density at radius 2 is 2.00 bits per heavy atom. The highest BCUT2D eigenvalue weighted by atomic mass is 19.1. The number of ether oxygens (including phenoxy) is 1. The lowest BCUT2D eigenvalue weighted by Gasteiger charge is -2.20. The molecule has 17 heavy (non-hydrogen) atoms. The molecule has 0 aliphatic heterocycles. The van der Waals surface area contributed by atoms with E-state index in [1.807, 2.05) is 20.8 Å². The van der Waals surface area contributed by atoms with Gasteiger partial charge in [0.2, 0.25) is 0 Å². The highest BCUT2D eigenvalue weighted by Gasteiger charge is 2.21. The molecule has 0 aliphatic rings. The van der Waals surface area contributed by atoms with Crippen LogP contribution < -0.4 is 5.32 Å². The first-order valence-electron chi connectivity index (χ1n) is 5.84. The van der Waals surface area contributed by atoms with Crippen LogP contribution in [-0.4, -0.2) is 23.6 Å². The average Bonchev–Trinajstić information content (AvgIpc) is 2.29. The number of hydrogen-bond acceptors (Lipinski definition) is 4. The largest absolute Gasteiger partial charge is 0.371 e. The number of nitrogens with zero attached hydrogens (tertiary/aromatic N) is 2. The number of aryl methyl sites for hydroxylation is 1. The minimum Gasteiger partial charge on any atom is -0.371 e. The first kappa shape index (κ1) is 13.8. The number of rotatable bonds is 5. The summed E-state index contributed by atoms with van der Waals surface area (Å²) in [6, 6.07) is 0. The van der Waals surface area contributed by atoms with E-state index in [4.69, 9.17) is 4.74 Å². The van der Waals surface area contributed by atoms with Crippen LogP contribution in [0, 0.1) is 18.7 Å². The molecular weight excluding hydrogens is 221 g/mol. The Bertz CT molecular complexity index is 382. The van der Waals surface area contributed by atoms with Gasteiger partial charge in [-0.05, 0) is 19.8 Å². The Labute approximate surface area is 102 Å². The van der Waals surface area contributed by atoms with Gasteiger partial charge in [0, 0.05) is 13.7 Å². The van der Waals surface area contributed by atoms with E-state index in [1.54, 1.807) is 14.0 Å². The molecule has 1 unspecified atom stereocenters. The van der Waals surface area contributed by atoms with Crippen LogP contribution in [0.3, 0.4) is 0 Å². The molecule has 0 radical (unpaired) electrons. The molecule has 1 N–H and O–H groups in total. The van der Waals surface area contributed by atoms with E-state index in [9.17, 15) is 4.39 Å². The number of halogens is 1. The third kappa shape index (κ3) is 3.12. The Kier molecular flexibility index (Phi) is 4.81. The smallest absolute Gasteiger partial charge is 0.186 e. The first-order chi connectivity index (χ1) is 8.01. The highest BCUT2D eigenvalue weighted by molar-refractivity contribution is 5.37. The molecule has 0 fully saturated rings. The summed E-state index contributed by atoms with van der Waals surface area (Å²) in [5, 5.41) is 2.73. The summed E-state index contributed by atoms with van der Waals surface area (Å²) in [6.45, 7) is 8.19. The van der Waals surface area contributed by atoms with Crippen LogP contribution in [0.2, 0.25) is 0 Å². The molecule has 0 aliphatic carbocycles. The Balaban J connectivity index is 3.15. The van der Waals surface area contributed by atoms with E-state index in [0.29, 0.717) is 18.1 Å². The maximum atomic E-state index is 13.6. The maximum Gasteiger partial charge on any atom is 0.186 e. The molecule has 0 saturated heterocycles. The van der Waals surface area contributed by atoms with Crippen molar-refractivity contribution in [3.63, 3.8) is 0 Å². The standard InChI is InChI=1S/C12H20FN3O/c1-6-17-10(7(2)3)12-15-8(4)9(13)11(14-5)16-12/h7,10H,6H2,1-5H3,(H,14,15,16).